The van der Waals surface area contributed by atoms with E-state index in [1.165, 1.54) is 25.1 Å². The molecule has 1 heterocycles. The first kappa shape index (κ1) is 15.8. The molecule has 0 saturated carbocycles. The van der Waals surface area contributed by atoms with Gasteiger partial charge in [0.25, 0.3) is 5.91 Å². The maximum Gasteiger partial charge on any atom is 0.341 e. The normalized spacial score (nSPS) is 13.2. The average Bonchev–Trinajstić information content (AvgIpc) is 3.02. The summed E-state index contributed by atoms with van der Waals surface area (Å²) in [5.74, 6) is -1.04. The molecule has 0 radical (unpaired) electrons. The van der Waals surface area contributed by atoms with E-state index in [-0.39, 0.29) is 12.4 Å². The molecule has 0 saturated heterocycles. The highest BCUT2D eigenvalue weighted by Crippen LogP contribution is 2.34. The maximum atomic E-state index is 13.5. The van der Waals surface area contributed by atoms with Gasteiger partial charge in [-0.05, 0) is 31.2 Å². The van der Waals surface area contributed by atoms with Crippen molar-refractivity contribution in [3.8, 4) is 11.5 Å². The van der Waals surface area contributed by atoms with Crippen molar-refractivity contribution >= 4 is 17.6 Å². The van der Waals surface area contributed by atoms with E-state index in [2.05, 4.69) is 5.32 Å². The molecule has 0 aromatic heterocycles. The molecular formula is C17H14FNO5. The second-order valence-electron chi connectivity index (χ2n) is 5.08. The van der Waals surface area contributed by atoms with Crippen molar-refractivity contribution in [1.29, 1.82) is 0 Å². The van der Waals surface area contributed by atoms with Crippen molar-refractivity contribution in [2.75, 3.05) is 12.1 Å². The van der Waals surface area contributed by atoms with E-state index in [0.29, 0.717) is 17.2 Å². The predicted molar refractivity (Wildman–Crippen MR) is 82.5 cm³/mol. The Kier molecular flexibility index (Phi) is 4.33. The van der Waals surface area contributed by atoms with Crippen molar-refractivity contribution in [1.82, 2.24) is 0 Å². The number of hydrogen-bond acceptors (Lipinski definition) is 5. The first-order chi connectivity index (χ1) is 11.5. The lowest BCUT2D eigenvalue weighted by atomic mass is 10.2. The smallest absolute Gasteiger partial charge is 0.341 e. The van der Waals surface area contributed by atoms with Gasteiger partial charge in [-0.2, -0.15) is 0 Å². The summed E-state index contributed by atoms with van der Waals surface area (Å²) in [4.78, 5) is 24.0. The number of anilines is 1. The van der Waals surface area contributed by atoms with Crippen LogP contribution in [0.25, 0.3) is 0 Å². The fourth-order valence-electron chi connectivity index (χ4n) is 2.12. The largest absolute Gasteiger partial charge is 0.454 e. The fraction of sp³-hybridized carbons (Fsp3) is 0.176. The molecule has 0 unspecified atom stereocenters. The van der Waals surface area contributed by atoms with Crippen LogP contribution in [0.3, 0.4) is 0 Å². The molecule has 1 atom stereocenters. The lowest BCUT2D eigenvalue weighted by Crippen LogP contribution is -2.30. The number of fused-ring (bicyclic) bond motifs is 1. The third-order valence-electron chi connectivity index (χ3n) is 3.39. The van der Waals surface area contributed by atoms with Crippen LogP contribution in [0, 0.1) is 5.82 Å². The molecule has 24 heavy (non-hydrogen) atoms. The van der Waals surface area contributed by atoms with Crippen LogP contribution in [0.1, 0.15) is 17.3 Å². The number of esters is 1. The molecule has 1 N–H and O–H groups in total. The summed E-state index contributed by atoms with van der Waals surface area (Å²) in [6, 6.07) is 10.3. The van der Waals surface area contributed by atoms with Crippen LogP contribution in [-0.2, 0) is 9.53 Å². The summed E-state index contributed by atoms with van der Waals surface area (Å²) in [7, 11) is 0. The minimum Gasteiger partial charge on any atom is -0.454 e. The van der Waals surface area contributed by atoms with Crippen LogP contribution in [0.15, 0.2) is 42.5 Å². The summed E-state index contributed by atoms with van der Waals surface area (Å²) in [6.45, 7) is 1.53. The van der Waals surface area contributed by atoms with Gasteiger partial charge in [0.05, 0.1) is 5.56 Å². The zero-order valence-corrected chi connectivity index (χ0v) is 12.7. The van der Waals surface area contributed by atoms with E-state index in [4.69, 9.17) is 14.2 Å². The highest BCUT2D eigenvalue weighted by molar-refractivity contribution is 5.97. The zero-order valence-electron chi connectivity index (χ0n) is 12.7. The Bertz CT molecular complexity index is 792. The summed E-state index contributed by atoms with van der Waals surface area (Å²) < 4.78 is 28.9. The van der Waals surface area contributed by atoms with E-state index < -0.39 is 23.8 Å². The molecule has 1 aliphatic rings. The lowest BCUT2D eigenvalue weighted by molar-refractivity contribution is -0.123. The molecular weight excluding hydrogens is 317 g/mol. The Morgan fingerprint density at radius 2 is 1.92 bits per heavy atom. The molecule has 6 nitrogen and oxygen atoms in total. The van der Waals surface area contributed by atoms with Crippen LogP contribution in [0.4, 0.5) is 10.1 Å². The molecule has 1 aliphatic heterocycles. The van der Waals surface area contributed by atoms with Crippen molar-refractivity contribution in [2.24, 2.45) is 0 Å². The van der Waals surface area contributed by atoms with Gasteiger partial charge in [0.15, 0.2) is 17.6 Å². The van der Waals surface area contributed by atoms with Gasteiger partial charge in [-0.15, -0.1) is 0 Å². The first-order valence-electron chi connectivity index (χ1n) is 7.20. The van der Waals surface area contributed by atoms with Gasteiger partial charge >= 0.3 is 5.97 Å². The van der Waals surface area contributed by atoms with Crippen LogP contribution in [-0.4, -0.2) is 24.8 Å². The van der Waals surface area contributed by atoms with E-state index in [0.717, 1.165) is 6.07 Å². The maximum absolute atomic E-state index is 13.5. The Labute approximate surface area is 137 Å². The Morgan fingerprint density at radius 3 is 2.71 bits per heavy atom. The van der Waals surface area contributed by atoms with E-state index in [9.17, 15) is 14.0 Å². The number of rotatable bonds is 4. The molecule has 1 amide bonds. The topological polar surface area (TPSA) is 73.9 Å². The molecule has 0 aliphatic carbocycles. The fourth-order valence-corrected chi connectivity index (χ4v) is 2.12. The van der Waals surface area contributed by atoms with Crippen molar-refractivity contribution in [2.45, 2.75) is 13.0 Å². The van der Waals surface area contributed by atoms with Crippen molar-refractivity contribution < 1.29 is 28.2 Å². The van der Waals surface area contributed by atoms with Crippen LogP contribution >= 0.6 is 0 Å². The van der Waals surface area contributed by atoms with Gasteiger partial charge < -0.3 is 19.5 Å². The molecule has 0 fully saturated rings. The predicted octanol–water partition coefficient (Wildman–Crippen LogP) is 2.74. The minimum absolute atomic E-state index is 0.128. The molecule has 0 bridgehead atoms. The number of ether oxygens (including phenoxy) is 3. The molecule has 2 aromatic rings. The summed E-state index contributed by atoms with van der Waals surface area (Å²) in [6.07, 6.45) is -1.09. The molecule has 124 valence electrons. The molecule has 7 heteroatoms. The van der Waals surface area contributed by atoms with Gasteiger partial charge in [-0.25, -0.2) is 9.18 Å². The Balaban J connectivity index is 1.63. The van der Waals surface area contributed by atoms with Gasteiger partial charge in [0, 0.05) is 11.8 Å². The number of hydrogen-bond donors (Lipinski definition) is 1. The molecule has 2 aromatic carbocycles. The monoisotopic (exact) mass is 331 g/mol. The summed E-state index contributed by atoms with van der Waals surface area (Å²) >= 11 is 0. The Hall–Kier alpha value is -3.09. The quantitative estimate of drug-likeness (QED) is 0.872. The van der Waals surface area contributed by atoms with E-state index in [1.807, 2.05) is 0 Å². The number of carbonyl (C=O) groups excluding carboxylic acids is 2. The highest BCUT2D eigenvalue weighted by Gasteiger charge is 2.22. The minimum atomic E-state index is -1.09. The number of benzene rings is 2. The van der Waals surface area contributed by atoms with Gasteiger partial charge in [-0.3, -0.25) is 4.79 Å². The molecule has 3 rings (SSSR count). The van der Waals surface area contributed by atoms with Gasteiger partial charge in [0.2, 0.25) is 6.79 Å². The van der Waals surface area contributed by atoms with Crippen LogP contribution in [0.5, 0.6) is 11.5 Å². The van der Waals surface area contributed by atoms with Crippen LogP contribution in [0.2, 0.25) is 0 Å². The SMILES string of the molecule is C[C@H](OC(=O)c1ccccc1F)C(=O)Nc1ccc2c(c1)OCO2. The highest BCUT2D eigenvalue weighted by atomic mass is 19.1. The number of carbonyl (C=O) groups is 2. The van der Waals surface area contributed by atoms with Crippen LogP contribution < -0.4 is 14.8 Å². The van der Waals surface area contributed by atoms with Crippen molar-refractivity contribution in [3.63, 3.8) is 0 Å². The summed E-state index contributed by atoms with van der Waals surface area (Å²) in [5.41, 5.74) is 0.248. The number of nitrogens with one attached hydrogen (secondary N) is 1. The summed E-state index contributed by atoms with van der Waals surface area (Å²) in [5, 5.41) is 2.60. The number of amides is 1. The van der Waals surface area contributed by atoms with E-state index >= 15 is 0 Å². The standard InChI is InChI=1S/C17H14FNO5/c1-10(24-17(21)12-4-2-3-5-13(12)18)16(20)19-11-6-7-14-15(8-11)23-9-22-14/h2-8,10H,9H2,1H3,(H,19,20)/t10-/m0/s1. The van der Waals surface area contributed by atoms with Crippen molar-refractivity contribution in [3.05, 3.63) is 53.8 Å². The lowest BCUT2D eigenvalue weighted by Gasteiger charge is -2.14. The second kappa shape index (κ2) is 6.57. The zero-order chi connectivity index (χ0) is 17.1. The van der Waals surface area contributed by atoms with E-state index in [1.54, 1.807) is 18.2 Å². The first-order valence-corrected chi connectivity index (χ1v) is 7.20. The van der Waals surface area contributed by atoms with Gasteiger partial charge in [0.1, 0.15) is 5.82 Å². The molecule has 0 spiro atoms. The average molecular weight is 331 g/mol. The number of halogens is 1. The third-order valence-corrected chi connectivity index (χ3v) is 3.39. The third kappa shape index (κ3) is 3.29. The second-order valence-corrected chi connectivity index (χ2v) is 5.08. The van der Waals surface area contributed by atoms with Gasteiger partial charge in [-0.1, -0.05) is 12.1 Å². The Morgan fingerprint density at radius 1 is 1.17 bits per heavy atom.